The Hall–Kier alpha value is -1.51. The van der Waals surface area contributed by atoms with E-state index in [9.17, 15) is 4.79 Å². The Morgan fingerprint density at radius 1 is 1.47 bits per heavy atom. The lowest BCUT2D eigenvalue weighted by Crippen LogP contribution is -2.28. The van der Waals surface area contributed by atoms with Gasteiger partial charge >= 0.3 is 6.03 Å². The molecule has 1 saturated heterocycles. The average molecular weight is 343 g/mol. The number of hydrogen-bond donors (Lipinski definition) is 2. The fourth-order valence-corrected chi connectivity index (χ4v) is 3.09. The number of amides is 2. The van der Waals surface area contributed by atoms with E-state index in [-0.39, 0.29) is 6.03 Å². The number of nitrogens with one attached hydrogen (secondary N) is 1. The van der Waals surface area contributed by atoms with Crippen molar-refractivity contribution in [1.82, 2.24) is 5.32 Å². The predicted octanol–water partition coefficient (Wildman–Crippen LogP) is 1.64. The highest BCUT2D eigenvalue weighted by atomic mass is 127. The lowest BCUT2D eigenvalue weighted by Gasteiger charge is -2.16. The molecule has 1 aromatic carbocycles. The van der Waals surface area contributed by atoms with Crippen LogP contribution in [0.25, 0.3) is 0 Å². The standard InChI is InChI=1S/C10H10IN5O/c12-9-7-5-6(16-4-3-13-10(16)17)1-2-8(7)14-11-15-9/h1-2,5H,3-4H2,(H,13,17)(H2,12,14,15). The smallest absolute Gasteiger partial charge is 0.321 e. The summed E-state index contributed by atoms with van der Waals surface area (Å²) in [6.45, 7) is 1.36. The van der Waals surface area contributed by atoms with E-state index in [1.165, 1.54) is 0 Å². The minimum absolute atomic E-state index is 0.0689. The number of urea groups is 1. The summed E-state index contributed by atoms with van der Waals surface area (Å²) in [7, 11) is 0. The molecule has 1 fully saturated rings. The van der Waals surface area contributed by atoms with Crippen LogP contribution in [0, 0.1) is 0 Å². The molecule has 17 heavy (non-hydrogen) atoms. The predicted molar refractivity (Wildman–Crippen MR) is 74.0 cm³/mol. The van der Waals surface area contributed by atoms with Crippen molar-refractivity contribution >= 4 is 44.5 Å². The SMILES string of the molecule is NC1=NI=Nc2ccc(N3CCNC3=O)cc21. The highest BCUT2D eigenvalue weighted by Gasteiger charge is 2.22. The summed E-state index contributed by atoms with van der Waals surface area (Å²) in [6, 6.07) is 5.61. The molecule has 0 aliphatic carbocycles. The molecule has 0 radical (unpaired) electrons. The van der Waals surface area contributed by atoms with Gasteiger partial charge in [0.05, 0.1) is 5.69 Å². The van der Waals surface area contributed by atoms with E-state index in [0.717, 1.165) is 16.9 Å². The third kappa shape index (κ3) is 1.79. The number of halogens is 1. The maximum absolute atomic E-state index is 11.6. The molecule has 2 aliphatic rings. The van der Waals surface area contributed by atoms with Gasteiger partial charge in [-0.2, -0.15) is 3.21 Å². The number of nitrogens with two attached hydrogens (primary N) is 1. The Bertz CT molecular complexity index is 554. The van der Waals surface area contributed by atoms with Crippen molar-refractivity contribution in [2.24, 2.45) is 12.1 Å². The molecule has 2 aliphatic heterocycles. The van der Waals surface area contributed by atoms with Crippen LogP contribution in [0.3, 0.4) is 0 Å². The zero-order valence-electron chi connectivity index (χ0n) is 8.85. The van der Waals surface area contributed by atoms with E-state index >= 15 is 0 Å². The van der Waals surface area contributed by atoms with Gasteiger partial charge in [-0.25, -0.2) is 7.94 Å². The van der Waals surface area contributed by atoms with E-state index in [1.807, 2.05) is 18.2 Å². The maximum Gasteiger partial charge on any atom is 0.321 e. The van der Waals surface area contributed by atoms with Crippen LogP contribution in [0.5, 0.6) is 0 Å². The fourth-order valence-electron chi connectivity index (χ4n) is 1.83. The zero-order chi connectivity index (χ0) is 11.8. The molecule has 0 aromatic heterocycles. The average Bonchev–Trinajstić information content (AvgIpc) is 2.76. The first kappa shape index (κ1) is 10.6. The van der Waals surface area contributed by atoms with E-state index < -0.39 is 21.3 Å². The van der Waals surface area contributed by atoms with Gasteiger partial charge in [0, 0.05) is 24.3 Å². The number of benzene rings is 1. The summed E-state index contributed by atoms with van der Waals surface area (Å²) in [6.07, 6.45) is 0. The Balaban J connectivity index is 2.04. The molecule has 7 heteroatoms. The lowest BCUT2D eigenvalue weighted by atomic mass is 10.1. The molecular formula is C10H10IN5O. The second-order valence-corrected chi connectivity index (χ2v) is 5.11. The van der Waals surface area contributed by atoms with E-state index in [1.54, 1.807) is 4.90 Å². The summed E-state index contributed by atoms with van der Waals surface area (Å²) in [5.74, 6) is 0.532. The second-order valence-electron chi connectivity index (χ2n) is 3.71. The molecular weight excluding hydrogens is 333 g/mol. The van der Waals surface area contributed by atoms with Crippen molar-refractivity contribution in [2.75, 3.05) is 18.0 Å². The molecule has 0 unspecified atom stereocenters. The first-order chi connectivity index (χ1) is 8.25. The van der Waals surface area contributed by atoms with Crippen molar-refractivity contribution in [3.05, 3.63) is 23.8 Å². The molecule has 1 aromatic rings. The number of hydrogen-bond acceptors (Lipinski definition) is 4. The number of carbonyl (C=O) groups excluding carboxylic acids is 1. The molecule has 88 valence electrons. The lowest BCUT2D eigenvalue weighted by molar-refractivity contribution is 0.252. The van der Waals surface area contributed by atoms with E-state index in [0.29, 0.717) is 18.9 Å². The summed E-state index contributed by atoms with van der Waals surface area (Å²) < 4.78 is 8.53. The minimum atomic E-state index is -0.549. The number of rotatable bonds is 1. The normalized spacial score (nSPS) is 18.2. The highest BCUT2D eigenvalue weighted by molar-refractivity contribution is 14.1. The third-order valence-corrected chi connectivity index (χ3v) is 4.15. The van der Waals surface area contributed by atoms with Gasteiger partial charge in [0.1, 0.15) is 27.1 Å². The largest absolute Gasteiger partial charge is 0.383 e. The number of fused-ring (bicyclic) bond motifs is 1. The second kappa shape index (κ2) is 4.06. The van der Waals surface area contributed by atoms with Crippen molar-refractivity contribution < 1.29 is 4.79 Å². The molecule has 3 N–H and O–H groups in total. The van der Waals surface area contributed by atoms with Gasteiger partial charge in [0.15, 0.2) is 0 Å². The van der Waals surface area contributed by atoms with Crippen LogP contribution in [0.2, 0.25) is 0 Å². The molecule has 0 saturated carbocycles. The topological polar surface area (TPSA) is 83.1 Å². The van der Waals surface area contributed by atoms with Crippen LogP contribution in [0.4, 0.5) is 16.2 Å². The van der Waals surface area contributed by atoms with Crippen LogP contribution in [-0.2, 0) is 0 Å². The molecule has 3 rings (SSSR count). The number of anilines is 1. The molecule has 0 spiro atoms. The van der Waals surface area contributed by atoms with Crippen LogP contribution < -0.4 is 16.0 Å². The van der Waals surface area contributed by atoms with Crippen molar-refractivity contribution in [2.45, 2.75) is 0 Å². The monoisotopic (exact) mass is 343 g/mol. The third-order valence-electron chi connectivity index (χ3n) is 2.68. The van der Waals surface area contributed by atoms with Crippen LogP contribution >= 0.6 is 21.3 Å². The molecule has 2 amide bonds. The Labute approximate surface area is 108 Å². The van der Waals surface area contributed by atoms with Crippen molar-refractivity contribution in [3.63, 3.8) is 0 Å². The molecule has 2 heterocycles. The number of carbonyl (C=O) groups is 1. The number of amidine groups is 1. The van der Waals surface area contributed by atoms with Gasteiger partial charge in [-0.05, 0) is 18.2 Å². The van der Waals surface area contributed by atoms with Crippen LogP contribution in [0.1, 0.15) is 5.56 Å². The van der Waals surface area contributed by atoms with Crippen molar-refractivity contribution in [1.29, 1.82) is 0 Å². The van der Waals surface area contributed by atoms with Gasteiger partial charge in [0.2, 0.25) is 0 Å². The van der Waals surface area contributed by atoms with Crippen LogP contribution in [0.15, 0.2) is 24.6 Å². The Morgan fingerprint density at radius 3 is 3.12 bits per heavy atom. The van der Waals surface area contributed by atoms with Gasteiger partial charge in [-0.3, -0.25) is 4.90 Å². The van der Waals surface area contributed by atoms with E-state index in [4.69, 9.17) is 5.73 Å². The highest BCUT2D eigenvalue weighted by Crippen LogP contribution is 2.32. The Morgan fingerprint density at radius 2 is 2.35 bits per heavy atom. The van der Waals surface area contributed by atoms with Gasteiger partial charge in [-0.1, -0.05) is 0 Å². The number of nitrogens with zero attached hydrogens (tertiary/aromatic N) is 3. The van der Waals surface area contributed by atoms with Gasteiger partial charge < -0.3 is 11.1 Å². The zero-order valence-corrected chi connectivity index (χ0v) is 11.0. The quantitative estimate of drug-likeness (QED) is 0.760. The summed E-state index contributed by atoms with van der Waals surface area (Å²) in [5, 5.41) is 2.77. The summed E-state index contributed by atoms with van der Waals surface area (Å²) >= 11 is -0.549. The fraction of sp³-hybridized carbons (Fsp3) is 0.200. The molecule has 0 atom stereocenters. The molecule has 0 bridgehead atoms. The minimum Gasteiger partial charge on any atom is -0.383 e. The first-order valence-corrected chi connectivity index (χ1v) is 7.06. The summed E-state index contributed by atoms with van der Waals surface area (Å²) in [4.78, 5) is 13.3. The van der Waals surface area contributed by atoms with Crippen LogP contribution in [-0.4, -0.2) is 25.0 Å². The van der Waals surface area contributed by atoms with Gasteiger partial charge in [-0.15, -0.1) is 0 Å². The Kier molecular flexibility index (Phi) is 2.54. The summed E-state index contributed by atoms with van der Waals surface area (Å²) in [5.41, 5.74) is 8.40. The maximum atomic E-state index is 11.6. The van der Waals surface area contributed by atoms with Gasteiger partial charge in [0.25, 0.3) is 0 Å². The molecule has 6 nitrogen and oxygen atoms in total. The first-order valence-electron chi connectivity index (χ1n) is 5.13. The van der Waals surface area contributed by atoms with Crippen molar-refractivity contribution in [3.8, 4) is 0 Å². The van der Waals surface area contributed by atoms with E-state index in [2.05, 4.69) is 11.7 Å².